The second-order valence-corrected chi connectivity index (χ2v) is 4.40. The molecule has 1 heterocycles. The fraction of sp³-hybridized carbons (Fsp3) is 0.125. The summed E-state index contributed by atoms with van der Waals surface area (Å²) in [6.07, 6.45) is 2.21. The first-order valence-corrected chi connectivity index (χ1v) is 6.41. The molecule has 0 radical (unpaired) electrons. The highest BCUT2D eigenvalue weighted by Gasteiger charge is 2.03. The third kappa shape index (κ3) is 2.74. The number of fused-ring (bicyclic) bond motifs is 1. The molecule has 0 aliphatic heterocycles. The molecule has 100 valence electrons. The molecule has 3 nitrogen and oxygen atoms in total. The van der Waals surface area contributed by atoms with Gasteiger partial charge in [0.25, 0.3) is 0 Å². The predicted octanol–water partition coefficient (Wildman–Crippen LogP) is 3.39. The number of para-hydroxylation sites is 1. The molecule has 0 aliphatic rings. The number of hydrogen-bond acceptors (Lipinski definition) is 3. The molecule has 0 N–H and O–H groups in total. The number of aromatic nitrogens is 2. The molecule has 1 aromatic heterocycles. The van der Waals surface area contributed by atoms with Crippen molar-refractivity contribution < 1.29 is 9.13 Å². The van der Waals surface area contributed by atoms with E-state index < -0.39 is 0 Å². The second kappa shape index (κ2) is 5.65. The van der Waals surface area contributed by atoms with E-state index >= 15 is 0 Å². The Morgan fingerprint density at radius 1 is 1.00 bits per heavy atom. The molecule has 0 unspecified atom stereocenters. The monoisotopic (exact) mass is 268 g/mol. The topological polar surface area (TPSA) is 35.0 Å². The second-order valence-electron chi connectivity index (χ2n) is 4.40. The van der Waals surface area contributed by atoms with Crippen LogP contribution in [0.4, 0.5) is 4.39 Å². The van der Waals surface area contributed by atoms with Gasteiger partial charge in [0.15, 0.2) is 0 Å². The van der Waals surface area contributed by atoms with E-state index in [1.54, 1.807) is 18.3 Å². The van der Waals surface area contributed by atoms with Crippen LogP contribution in [-0.2, 0) is 6.42 Å². The summed E-state index contributed by atoms with van der Waals surface area (Å²) in [5.41, 5.74) is 1.47. The minimum absolute atomic E-state index is 0.212. The Balaban J connectivity index is 1.67. The van der Waals surface area contributed by atoms with E-state index in [1.807, 2.05) is 30.3 Å². The van der Waals surface area contributed by atoms with E-state index in [0.717, 1.165) is 10.9 Å². The molecule has 0 bridgehead atoms. The van der Waals surface area contributed by atoms with Crippen LogP contribution >= 0.6 is 0 Å². The maximum absolute atomic E-state index is 13.4. The van der Waals surface area contributed by atoms with Crippen molar-refractivity contribution in [1.29, 1.82) is 0 Å². The minimum atomic E-state index is -0.212. The molecule has 0 spiro atoms. The van der Waals surface area contributed by atoms with Gasteiger partial charge in [0.2, 0.25) is 0 Å². The highest BCUT2D eigenvalue weighted by Crippen LogP contribution is 2.13. The van der Waals surface area contributed by atoms with Crippen LogP contribution in [0.3, 0.4) is 0 Å². The van der Waals surface area contributed by atoms with E-state index in [4.69, 9.17) is 4.74 Å². The largest absolute Gasteiger partial charge is 0.463 e. The first-order chi connectivity index (χ1) is 9.83. The lowest BCUT2D eigenvalue weighted by Crippen LogP contribution is -2.05. The predicted molar refractivity (Wildman–Crippen MR) is 75.1 cm³/mol. The molecular formula is C16H13FN2O. The molecule has 0 aliphatic carbocycles. The SMILES string of the molecule is Fc1ccccc1CCOc1ncc2ccccc2n1. The third-order valence-electron chi connectivity index (χ3n) is 3.03. The summed E-state index contributed by atoms with van der Waals surface area (Å²) in [7, 11) is 0. The highest BCUT2D eigenvalue weighted by molar-refractivity contribution is 5.77. The van der Waals surface area contributed by atoms with Gasteiger partial charge in [-0.3, -0.25) is 0 Å². The van der Waals surface area contributed by atoms with Crippen molar-refractivity contribution in [3.63, 3.8) is 0 Å². The zero-order valence-corrected chi connectivity index (χ0v) is 10.8. The standard InChI is InChI=1S/C16H13FN2O/c17-14-7-3-1-5-12(14)9-10-20-16-18-11-13-6-2-4-8-15(13)19-16/h1-8,11H,9-10H2. The van der Waals surface area contributed by atoms with E-state index in [2.05, 4.69) is 9.97 Å². The van der Waals surface area contributed by atoms with Crippen molar-refractivity contribution in [2.45, 2.75) is 6.42 Å². The summed E-state index contributed by atoms with van der Waals surface area (Å²) in [6.45, 7) is 0.347. The molecule has 20 heavy (non-hydrogen) atoms. The smallest absolute Gasteiger partial charge is 0.316 e. The van der Waals surface area contributed by atoms with Crippen molar-refractivity contribution in [2.75, 3.05) is 6.61 Å². The van der Waals surface area contributed by atoms with Gasteiger partial charge in [-0.1, -0.05) is 36.4 Å². The summed E-state index contributed by atoms with van der Waals surface area (Å²) in [6, 6.07) is 14.7. The molecule has 3 aromatic rings. The van der Waals surface area contributed by atoms with Gasteiger partial charge >= 0.3 is 6.01 Å². The average Bonchev–Trinajstić information content (AvgIpc) is 2.49. The van der Waals surface area contributed by atoms with Crippen molar-refractivity contribution in [1.82, 2.24) is 9.97 Å². The fourth-order valence-corrected chi connectivity index (χ4v) is 1.98. The Kier molecular flexibility index (Phi) is 3.54. The van der Waals surface area contributed by atoms with Gasteiger partial charge in [-0.25, -0.2) is 9.37 Å². The first-order valence-electron chi connectivity index (χ1n) is 6.41. The van der Waals surface area contributed by atoms with Crippen LogP contribution in [0.1, 0.15) is 5.56 Å². The lowest BCUT2D eigenvalue weighted by Gasteiger charge is -2.06. The maximum Gasteiger partial charge on any atom is 0.316 e. The van der Waals surface area contributed by atoms with Crippen molar-refractivity contribution in [2.24, 2.45) is 0 Å². The van der Waals surface area contributed by atoms with E-state index in [1.165, 1.54) is 6.07 Å². The summed E-state index contributed by atoms with van der Waals surface area (Å²) < 4.78 is 18.9. The van der Waals surface area contributed by atoms with Gasteiger partial charge in [-0.05, 0) is 17.7 Å². The Hall–Kier alpha value is -2.49. The zero-order valence-electron chi connectivity index (χ0n) is 10.8. The normalized spacial score (nSPS) is 10.7. The van der Waals surface area contributed by atoms with Gasteiger partial charge in [0.1, 0.15) is 5.82 Å². The Morgan fingerprint density at radius 3 is 2.70 bits per heavy atom. The van der Waals surface area contributed by atoms with Gasteiger partial charge in [0.05, 0.1) is 12.1 Å². The minimum Gasteiger partial charge on any atom is -0.463 e. The summed E-state index contributed by atoms with van der Waals surface area (Å²) >= 11 is 0. The summed E-state index contributed by atoms with van der Waals surface area (Å²) in [4.78, 5) is 8.44. The van der Waals surface area contributed by atoms with Crippen LogP contribution < -0.4 is 4.74 Å². The summed E-state index contributed by atoms with van der Waals surface area (Å²) in [5.74, 6) is -0.212. The molecule has 2 aromatic carbocycles. The first kappa shape index (κ1) is 12.5. The van der Waals surface area contributed by atoms with Crippen LogP contribution in [0.15, 0.2) is 54.7 Å². The Labute approximate surface area is 116 Å². The Morgan fingerprint density at radius 2 is 1.80 bits per heavy atom. The highest BCUT2D eigenvalue weighted by atomic mass is 19.1. The average molecular weight is 268 g/mol. The lowest BCUT2D eigenvalue weighted by molar-refractivity contribution is 0.296. The van der Waals surface area contributed by atoms with Gasteiger partial charge in [-0.2, -0.15) is 4.98 Å². The lowest BCUT2D eigenvalue weighted by atomic mass is 10.1. The maximum atomic E-state index is 13.4. The fourth-order valence-electron chi connectivity index (χ4n) is 1.98. The zero-order chi connectivity index (χ0) is 13.8. The number of benzene rings is 2. The summed E-state index contributed by atoms with van der Waals surface area (Å²) in [5, 5.41) is 0.967. The molecule has 0 fully saturated rings. The molecular weight excluding hydrogens is 255 g/mol. The number of ether oxygens (including phenoxy) is 1. The van der Waals surface area contributed by atoms with Crippen LogP contribution in [0, 0.1) is 5.82 Å². The Bertz CT molecular complexity index is 730. The molecule has 0 amide bonds. The van der Waals surface area contributed by atoms with Crippen molar-refractivity contribution in [3.8, 4) is 6.01 Å². The van der Waals surface area contributed by atoms with E-state index in [9.17, 15) is 4.39 Å². The van der Waals surface area contributed by atoms with Crippen LogP contribution in [-0.4, -0.2) is 16.6 Å². The van der Waals surface area contributed by atoms with Gasteiger partial charge in [0, 0.05) is 18.0 Å². The molecule has 3 rings (SSSR count). The molecule has 0 saturated carbocycles. The number of rotatable bonds is 4. The number of halogens is 1. The van der Waals surface area contributed by atoms with E-state index in [-0.39, 0.29) is 5.82 Å². The number of nitrogens with zero attached hydrogens (tertiary/aromatic N) is 2. The molecule has 0 atom stereocenters. The third-order valence-corrected chi connectivity index (χ3v) is 3.03. The van der Waals surface area contributed by atoms with Crippen molar-refractivity contribution >= 4 is 10.9 Å². The van der Waals surface area contributed by atoms with Crippen LogP contribution in [0.25, 0.3) is 10.9 Å². The van der Waals surface area contributed by atoms with Crippen molar-refractivity contribution in [3.05, 3.63) is 66.1 Å². The quantitative estimate of drug-likeness (QED) is 0.727. The molecule has 4 heteroatoms. The van der Waals surface area contributed by atoms with Gasteiger partial charge in [-0.15, -0.1) is 0 Å². The van der Waals surface area contributed by atoms with Gasteiger partial charge < -0.3 is 4.74 Å². The number of hydrogen-bond donors (Lipinski definition) is 0. The van der Waals surface area contributed by atoms with Crippen LogP contribution in [0.2, 0.25) is 0 Å². The molecule has 0 saturated heterocycles. The van der Waals surface area contributed by atoms with Crippen LogP contribution in [0.5, 0.6) is 6.01 Å². The van der Waals surface area contributed by atoms with E-state index in [0.29, 0.717) is 24.6 Å².